The molecule has 0 spiro atoms. The van der Waals surface area contributed by atoms with Crippen LogP contribution in [0.25, 0.3) is 0 Å². The lowest BCUT2D eigenvalue weighted by molar-refractivity contribution is 0.615. The average Bonchev–Trinajstić information content (AvgIpc) is 1.71. The van der Waals surface area contributed by atoms with E-state index in [-0.39, 0.29) is 5.41 Å². The lowest BCUT2D eigenvalue weighted by Crippen LogP contribution is -2.02. The first kappa shape index (κ1) is 10.9. The van der Waals surface area contributed by atoms with Crippen LogP contribution in [0, 0.1) is 5.41 Å². The fraction of sp³-hybridized carbons (Fsp3) is 0.833. The van der Waals surface area contributed by atoms with Crippen molar-refractivity contribution in [2.24, 2.45) is 11.1 Å². The van der Waals surface area contributed by atoms with Gasteiger partial charge in [-0.25, -0.2) is 0 Å². The summed E-state index contributed by atoms with van der Waals surface area (Å²) in [5, 5.41) is 1.77. The van der Waals surface area contributed by atoms with E-state index in [0.29, 0.717) is 0 Å². The minimum atomic E-state index is 0.231. The first-order valence-corrected chi connectivity index (χ1v) is 3.07. The Kier molecular flexibility index (Phi) is 7.09. The maximum absolute atomic E-state index is 4.66. The predicted molar refractivity (Wildman–Crippen MR) is 43.2 cm³/mol. The van der Waals surface area contributed by atoms with E-state index in [1.54, 1.807) is 5.37 Å². The average molecular weight is 133 g/mol. The molecular weight excluding hydrogens is 118 g/mol. The molecule has 0 rings (SSSR count). The third-order valence-electron chi connectivity index (χ3n) is 0.354. The van der Waals surface area contributed by atoms with Gasteiger partial charge < -0.3 is 5.73 Å². The molecule has 0 amide bonds. The maximum Gasteiger partial charge on any atom is -0.00985 e. The number of nitrogens with two attached hydrogens (primary N) is 1. The van der Waals surface area contributed by atoms with E-state index in [1.165, 1.54) is 7.05 Å². The molecule has 0 aliphatic carbocycles. The number of hydrogen-bond donors (Lipinski definition) is 1. The van der Waals surface area contributed by atoms with Crippen LogP contribution in [0.3, 0.4) is 0 Å². The zero-order valence-electron chi connectivity index (χ0n) is 6.06. The topological polar surface area (TPSA) is 26.0 Å². The summed E-state index contributed by atoms with van der Waals surface area (Å²) >= 11 is 4.66. The van der Waals surface area contributed by atoms with Crippen LogP contribution >= 0.6 is 12.2 Å². The second-order valence-electron chi connectivity index (χ2n) is 2.48. The molecule has 2 heteroatoms. The molecule has 0 radical (unpaired) electrons. The molecule has 0 aromatic rings. The zero-order valence-corrected chi connectivity index (χ0v) is 6.88. The minimum Gasteiger partial charge on any atom is -0.333 e. The van der Waals surface area contributed by atoms with E-state index >= 15 is 0 Å². The lowest BCUT2D eigenvalue weighted by Gasteiger charge is -2.06. The Morgan fingerprint density at radius 3 is 1.38 bits per heavy atom. The van der Waals surface area contributed by atoms with E-state index < -0.39 is 0 Å². The summed E-state index contributed by atoms with van der Waals surface area (Å²) < 4.78 is 0. The normalized spacial score (nSPS) is 9.12. The van der Waals surface area contributed by atoms with Gasteiger partial charge in [0.15, 0.2) is 0 Å². The van der Waals surface area contributed by atoms with Gasteiger partial charge in [0.25, 0.3) is 0 Å². The highest BCUT2D eigenvalue weighted by Gasteiger charge is 2.01. The zero-order chi connectivity index (χ0) is 7.21. The molecule has 0 heterocycles. The summed E-state index contributed by atoms with van der Waals surface area (Å²) in [5.74, 6) is 0. The van der Waals surface area contributed by atoms with Crippen LogP contribution in [-0.2, 0) is 0 Å². The van der Waals surface area contributed by atoms with E-state index in [4.69, 9.17) is 0 Å². The molecule has 0 saturated carbocycles. The fourth-order valence-corrected chi connectivity index (χ4v) is 0. The molecule has 0 unspecified atom stereocenters. The molecule has 8 heavy (non-hydrogen) atoms. The molecule has 1 nitrogen and oxygen atoms in total. The molecule has 0 atom stereocenters. The Morgan fingerprint density at radius 1 is 1.25 bits per heavy atom. The van der Waals surface area contributed by atoms with E-state index in [0.717, 1.165) is 0 Å². The van der Waals surface area contributed by atoms with Gasteiger partial charge in [-0.1, -0.05) is 33.0 Å². The van der Waals surface area contributed by atoms with Gasteiger partial charge in [-0.15, -0.1) is 0 Å². The Labute approximate surface area is 57.3 Å². The second kappa shape index (κ2) is 5.19. The Bertz CT molecular complexity index is 54.0. The van der Waals surface area contributed by atoms with Crippen LogP contribution in [0.1, 0.15) is 20.8 Å². The van der Waals surface area contributed by atoms with Crippen molar-refractivity contribution >= 4 is 17.6 Å². The van der Waals surface area contributed by atoms with Crippen LogP contribution in [0.2, 0.25) is 0 Å². The number of thiocarbonyl (C=S) groups is 1. The number of hydrogen-bond acceptors (Lipinski definition) is 2. The van der Waals surface area contributed by atoms with Gasteiger partial charge >= 0.3 is 0 Å². The van der Waals surface area contributed by atoms with Crippen molar-refractivity contribution in [2.45, 2.75) is 20.8 Å². The monoisotopic (exact) mass is 133 g/mol. The highest BCUT2D eigenvalue weighted by Crippen LogP contribution is 2.07. The molecular formula is C6H15NS. The van der Waals surface area contributed by atoms with Gasteiger partial charge in [0.2, 0.25) is 0 Å². The SMILES string of the molecule is CC(C)(C)C=S.CN. The summed E-state index contributed by atoms with van der Waals surface area (Å²) in [4.78, 5) is 0. The minimum absolute atomic E-state index is 0.231. The van der Waals surface area contributed by atoms with Crippen molar-refractivity contribution in [3.63, 3.8) is 0 Å². The van der Waals surface area contributed by atoms with Gasteiger partial charge in [-0.05, 0) is 17.8 Å². The molecule has 0 saturated heterocycles. The van der Waals surface area contributed by atoms with Crippen LogP contribution in [0.15, 0.2) is 0 Å². The van der Waals surface area contributed by atoms with Crippen LogP contribution in [0.4, 0.5) is 0 Å². The summed E-state index contributed by atoms with van der Waals surface area (Å²) in [7, 11) is 1.50. The van der Waals surface area contributed by atoms with Crippen molar-refractivity contribution in [1.29, 1.82) is 0 Å². The van der Waals surface area contributed by atoms with Gasteiger partial charge in [0.1, 0.15) is 0 Å². The largest absolute Gasteiger partial charge is 0.333 e. The Hall–Kier alpha value is 0.0500. The van der Waals surface area contributed by atoms with Gasteiger partial charge in [0, 0.05) is 0 Å². The summed E-state index contributed by atoms with van der Waals surface area (Å²) in [6.07, 6.45) is 0. The maximum atomic E-state index is 4.66. The van der Waals surface area contributed by atoms with E-state index in [1.807, 2.05) is 0 Å². The van der Waals surface area contributed by atoms with Crippen LogP contribution < -0.4 is 5.73 Å². The number of rotatable bonds is 0. The predicted octanol–water partition coefficient (Wildman–Crippen LogP) is 1.61. The molecule has 0 aliphatic rings. The summed E-state index contributed by atoms with van der Waals surface area (Å²) in [6, 6.07) is 0. The highest BCUT2D eigenvalue weighted by atomic mass is 32.1. The molecule has 0 fully saturated rings. The van der Waals surface area contributed by atoms with Crippen molar-refractivity contribution in [1.82, 2.24) is 0 Å². The second-order valence-corrected chi connectivity index (χ2v) is 2.72. The van der Waals surface area contributed by atoms with Gasteiger partial charge in [-0.2, -0.15) is 0 Å². The lowest BCUT2D eigenvalue weighted by atomic mass is 10.0. The standard InChI is InChI=1S/C5H10S.CH5N/c1-5(2,3)4-6;1-2/h4H,1-3H3;2H2,1H3. The smallest absolute Gasteiger partial charge is 0.00985 e. The van der Waals surface area contributed by atoms with Crippen molar-refractivity contribution in [2.75, 3.05) is 7.05 Å². The van der Waals surface area contributed by atoms with Gasteiger partial charge in [-0.3, -0.25) is 0 Å². The highest BCUT2D eigenvalue weighted by molar-refractivity contribution is 7.79. The van der Waals surface area contributed by atoms with Crippen molar-refractivity contribution < 1.29 is 0 Å². The molecule has 0 aromatic heterocycles. The molecule has 50 valence electrons. The molecule has 2 N–H and O–H groups in total. The summed E-state index contributed by atoms with van der Waals surface area (Å²) in [5.41, 5.74) is 4.73. The molecule has 0 bridgehead atoms. The van der Waals surface area contributed by atoms with Gasteiger partial charge in [0.05, 0.1) is 0 Å². The molecule has 0 aliphatic heterocycles. The Balaban J connectivity index is 0. The van der Waals surface area contributed by atoms with E-state index in [2.05, 4.69) is 38.7 Å². The third kappa shape index (κ3) is 16.6. The summed E-state index contributed by atoms with van der Waals surface area (Å²) in [6.45, 7) is 6.25. The van der Waals surface area contributed by atoms with Crippen LogP contribution in [0.5, 0.6) is 0 Å². The van der Waals surface area contributed by atoms with Crippen LogP contribution in [-0.4, -0.2) is 12.4 Å². The van der Waals surface area contributed by atoms with Crippen molar-refractivity contribution in [3.8, 4) is 0 Å². The van der Waals surface area contributed by atoms with Crippen molar-refractivity contribution in [3.05, 3.63) is 0 Å². The quantitative estimate of drug-likeness (QED) is 0.508. The first-order valence-electron chi connectivity index (χ1n) is 2.60. The molecule has 0 aromatic carbocycles. The Morgan fingerprint density at radius 2 is 1.38 bits per heavy atom. The first-order chi connectivity index (χ1) is 3.56. The third-order valence-corrected chi connectivity index (χ3v) is 1.06. The fourth-order valence-electron chi connectivity index (χ4n) is 0. The van der Waals surface area contributed by atoms with E-state index in [9.17, 15) is 0 Å².